The number of nitrogens with zero attached hydrogens (tertiary/aromatic N) is 3. The first kappa shape index (κ1) is 29.1. The molecular formula is C46H30N4O. The van der Waals surface area contributed by atoms with Crippen LogP contribution in [0.2, 0.25) is 0 Å². The maximum Gasteiger partial charge on any atom is 0.202 e. The first-order chi connectivity index (χ1) is 25.3. The molecule has 5 nitrogen and oxygen atoms in total. The molecule has 0 radical (unpaired) electrons. The predicted octanol–water partition coefficient (Wildman–Crippen LogP) is 11.4. The highest BCUT2D eigenvalue weighted by molar-refractivity contribution is 6.11. The molecule has 2 aliphatic rings. The topological polar surface area (TPSA) is 63.8 Å². The van der Waals surface area contributed by atoms with Crippen LogP contribution in [0.5, 0.6) is 0 Å². The summed E-state index contributed by atoms with van der Waals surface area (Å²) in [4.78, 5) is 15.2. The SMILES string of the molecule is C1=CC2=Cc3c(oc4cccc(-c5ccc(-c6nc(-c7ccccc7)nc(-c7ccc(-c8ccccc8)cc7)n6)c6ccccc56)c34)NC2C=C1. The molecule has 2 aromatic heterocycles. The molecule has 1 N–H and O–H groups in total. The Bertz CT molecular complexity index is 2710. The van der Waals surface area contributed by atoms with Gasteiger partial charge in [-0.3, -0.25) is 0 Å². The van der Waals surface area contributed by atoms with Crippen molar-refractivity contribution < 1.29 is 4.42 Å². The Labute approximate surface area is 295 Å². The maximum atomic E-state index is 6.41. The van der Waals surface area contributed by atoms with Crippen molar-refractivity contribution >= 4 is 33.7 Å². The fraction of sp³-hybridized carbons (Fsp3) is 0.0217. The summed E-state index contributed by atoms with van der Waals surface area (Å²) in [5.74, 6) is 2.70. The van der Waals surface area contributed by atoms with Gasteiger partial charge in [0.1, 0.15) is 5.58 Å². The van der Waals surface area contributed by atoms with Crippen LogP contribution in [0.25, 0.3) is 84.2 Å². The lowest BCUT2D eigenvalue weighted by atomic mass is 9.90. The van der Waals surface area contributed by atoms with Crippen molar-refractivity contribution in [3.63, 3.8) is 0 Å². The van der Waals surface area contributed by atoms with Crippen LogP contribution in [0.1, 0.15) is 5.56 Å². The molecule has 1 aliphatic heterocycles. The summed E-state index contributed by atoms with van der Waals surface area (Å²) >= 11 is 0. The van der Waals surface area contributed by atoms with E-state index in [1.165, 1.54) is 11.1 Å². The molecule has 0 spiro atoms. The number of hydrogen-bond donors (Lipinski definition) is 1. The van der Waals surface area contributed by atoms with E-state index in [1.54, 1.807) is 0 Å². The second-order valence-corrected chi connectivity index (χ2v) is 12.9. The summed E-state index contributed by atoms with van der Waals surface area (Å²) in [5, 5.41) is 6.87. The molecule has 0 fully saturated rings. The monoisotopic (exact) mass is 654 g/mol. The van der Waals surface area contributed by atoms with Crippen molar-refractivity contribution in [3.05, 3.63) is 175 Å². The fourth-order valence-electron chi connectivity index (χ4n) is 7.29. The predicted molar refractivity (Wildman–Crippen MR) is 208 cm³/mol. The second kappa shape index (κ2) is 11.9. The van der Waals surface area contributed by atoms with Crippen LogP contribution in [0.4, 0.5) is 5.88 Å². The Hall–Kier alpha value is -6.85. The Morgan fingerprint density at radius 1 is 0.490 bits per heavy atom. The average Bonchev–Trinajstić information content (AvgIpc) is 3.57. The molecule has 8 aromatic rings. The standard InChI is InChI=1S/C46H30N4O/c1-3-12-29(13-4-1)30-22-24-32(25-23-30)44-48-43(31-14-5-2-6-15-31)49-45(50-44)38-27-26-36(34-17-8-9-18-35(34)38)37-19-11-21-41-42(37)39-28-33-16-7-10-20-40(33)47-46(39)51-41/h1-28,40,47H. The Morgan fingerprint density at radius 3 is 1.86 bits per heavy atom. The van der Waals surface area contributed by atoms with E-state index in [9.17, 15) is 0 Å². The van der Waals surface area contributed by atoms with Crippen molar-refractivity contribution in [3.8, 4) is 56.4 Å². The van der Waals surface area contributed by atoms with Gasteiger partial charge in [0.15, 0.2) is 17.5 Å². The molecule has 3 heterocycles. The van der Waals surface area contributed by atoms with Crippen molar-refractivity contribution in [2.45, 2.75) is 6.04 Å². The molecule has 0 saturated carbocycles. The van der Waals surface area contributed by atoms with E-state index < -0.39 is 0 Å². The summed E-state index contributed by atoms with van der Waals surface area (Å²) in [6, 6.07) is 48.2. The van der Waals surface area contributed by atoms with Crippen LogP contribution in [0.3, 0.4) is 0 Å². The number of benzene rings is 6. The van der Waals surface area contributed by atoms with Gasteiger partial charge in [-0.25, -0.2) is 15.0 Å². The third kappa shape index (κ3) is 5.06. The van der Waals surface area contributed by atoms with Gasteiger partial charge >= 0.3 is 0 Å². The van der Waals surface area contributed by atoms with E-state index >= 15 is 0 Å². The second-order valence-electron chi connectivity index (χ2n) is 12.9. The van der Waals surface area contributed by atoms with Crippen molar-refractivity contribution in [2.24, 2.45) is 0 Å². The van der Waals surface area contributed by atoms with Crippen LogP contribution >= 0.6 is 0 Å². The summed E-state index contributed by atoms with van der Waals surface area (Å²) in [6.07, 6.45) is 10.7. The average molecular weight is 655 g/mol. The number of hydrogen-bond acceptors (Lipinski definition) is 5. The van der Waals surface area contributed by atoms with Gasteiger partial charge in [0.25, 0.3) is 0 Å². The fourth-order valence-corrected chi connectivity index (χ4v) is 7.29. The highest BCUT2D eigenvalue weighted by Gasteiger charge is 2.26. The minimum atomic E-state index is 0.111. The third-order valence-electron chi connectivity index (χ3n) is 9.79. The molecule has 0 amide bonds. The normalized spacial score (nSPS) is 14.6. The molecular weight excluding hydrogens is 625 g/mol. The number of nitrogens with one attached hydrogen (secondary N) is 1. The van der Waals surface area contributed by atoms with Gasteiger partial charge in [-0.15, -0.1) is 0 Å². The van der Waals surface area contributed by atoms with Gasteiger partial charge in [-0.1, -0.05) is 152 Å². The van der Waals surface area contributed by atoms with Crippen LogP contribution in [-0.2, 0) is 0 Å². The minimum absolute atomic E-state index is 0.111. The first-order valence-electron chi connectivity index (χ1n) is 17.2. The Morgan fingerprint density at radius 2 is 1.10 bits per heavy atom. The van der Waals surface area contributed by atoms with Crippen LogP contribution in [0.15, 0.2) is 174 Å². The molecule has 5 heteroatoms. The summed E-state index contributed by atoms with van der Waals surface area (Å²) in [7, 11) is 0. The van der Waals surface area contributed by atoms with Gasteiger partial charge in [-0.05, 0) is 56.8 Å². The quantitative estimate of drug-likeness (QED) is 0.200. The smallest absolute Gasteiger partial charge is 0.202 e. The highest BCUT2D eigenvalue weighted by Crippen LogP contribution is 2.44. The van der Waals surface area contributed by atoms with E-state index in [-0.39, 0.29) is 6.04 Å². The summed E-state index contributed by atoms with van der Waals surface area (Å²) in [5.41, 5.74) is 10.5. The molecule has 0 bridgehead atoms. The number of fused-ring (bicyclic) bond motifs is 5. The molecule has 6 aromatic carbocycles. The van der Waals surface area contributed by atoms with Gasteiger partial charge in [0, 0.05) is 27.6 Å². The largest absolute Gasteiger partial charge is 0.440 e. The third-order valence-corrected chi connectivity index (χ3v) is 9.79. The van der Waals surface area contributed by atoms with Crippen LogP contribution < -0.4 is 5.32 Å². The zero-order chi connectivity index (χ0) is 33.7. The van der Waals surface area contributed by atoms with E-state index in [4.69, 9.17) is 19.4 Å². The minimum Gasteiger partial charge on any atom is -0.440 e. The lowest BCUT2D eigenvalue weighted by Gasteiger charge is -2.23. The molecule has 1 atom stereocenters. The van der Waals surface area contributed by atoms with Crippen LogP contribution in [-0.4, -0.2) is 21.0 Å². The molecule has 51 heavy (non-hydrogen) atoms. The van der Waals surface area contributed by atoms with Gasteiger partial charge in [0.05, 0.1) is 6.04 Å². The zero-order valence-electron chi connectivity index (χ0n) is 27.5. The molecule has 1 unspecified atom stereocenters. The summed E-state index contributed by atoms with van der Waals surface area (Å²) in [6.45, 7) is 0. The molecule has 0 saturated heterocycles. The van der Waals surface area contributed by atoms with Gasteiger partial charge in [0.2, 0.25) is 5.88 Å². The number of furan rings is 1. The first-order valence-corrected chi connectivity index (χ1v) is 17.2. The van der Waals surface area contributed by atoms with E-state index in [1.807, 2.05) is 42.5 Å². The van der Waals surface area contributed by atoms with E-state index in [0.29, 0.717) is 17.5 Å². The van der Waals surface area contributed by atoms with Gasteiger partial charge < -0.3 is 9.73 Å². The van der Waals surface area contributed by atoms with Crippen molar-refractivity contribution in [1.82, 2.24) is 15.0 Å². The van der Waals surface area contributed by atoms with Crippen LogP contribution in [0, 0.1) is 0 Å². The number of anilines is 1. The van der Waals surface area contributed by atoms with Crippen molar-refractivity contribution in [2.75, 3.05) is 5.32 Å². The molecule has 1 aliphatic carbocycles. The summed E-state index contributed by atoms with van der Waals surface area (Å²) < 4.78 is 6.41. The molecule has 240 valence electrons. The van der Waals surface area contributed by atoms with Gasteiger partial charge in [-0.2, -0.15) is 0 Å². The van der Waals surface area contributed by atoms with E-state index in [0.717, 1.165) is 66.6 Å². The van der Waals surface area contributed by atoms with Crippen molar-refractivity contribution in [1.29, 1.82) is 0 Å². The molecule has 10 rings (SSSR count). The Balaban J connectivity index is 1.13. The maximum absolute atomic E-state index is 6.41. The number of allylic oxidation sites excluding steroid dienone is 2. The number of rotatable bonds is 5. The van der Waals surface area contributed by atoms with E-state index in [2.05, 4.69) is 133 Å². The Kier molecular flexibility index (Phi) is 6.81. The lowest BCUT2D eigenvalue weighted by molar-refractivity contribution is 0.622. The number of aromatic nitrogens is 3. The lowest BCUT2D eigenvalue weighted by Crippen LogP contribution is -2.22. The zero-order valence-corrected chi connectivity index (χ0v) is 27.5. The highest BCUT2D eigenvalue weighted by atomic mass is 16.4.